The Morgan fingerprint density at radius 3 is 2.90 bits per heavy atom. The lowest BCUT2D eigenvalue weighted by Crippen LogP contribution is -2.14. The molecule has 1 aromatic heterocycles. The van der Waals surface area contributed by atoms with Crippen molar-refractivity contribution in [1.82, 2.24) is 14.9 Å². The number of fused-ring (bicyclic) bond motifs is 1. The average molecular weight is 283 g/mol. The maximum absolute atomic E-state index is 4.61. The molecule has 2 aromatic rings. The molecule has 0 unspecified atom stereocenters. The zero-order chi connectivity index (χ0) is 14.7. The number of aryl methyl sites for hydroxylation is 2. The summed E-state index contributed by atoms with van der Waals surface area (Å²) in [5, 5.41) is 3.46. The smallest absolute Gasteiger partial charge is 0.0997 e. The van der Waals surface area contributed by atoms with Gasteiger partial charge >= 0.3 is 0 Å². The Bertz CT molecular complexity index is 613. The number of nitrogens with one attached hydrogen (secondary N) is 1. The van der Waals surface area contributed by atoms with Crippen LogP contribution in [-0.2, 0) is 19.4 Å². The lowest BCUT2D eigenvalue weighted by molar-refractivity contribution is 0.655. The van der Waals surface area contributed by atoms with Crippen molar-refractivity contribution in [3.05, 3.63) is 47.0 Å². The van der Waals surface area contributed by atoms with Crippen molar-refractivity contribution in [2.75, 3.05) is 6.54 Å². The zero-order valence-electron chi connectivity index (χ0n) is 13.2. The van der Waals surface area contributed by atoms with Gasteiger partial charge in [-0.1, -0.05) is 19.1 Å². The predicted molar refractivity (Wildman–Crippen MR) is 86.9 cm³/mol. The number of benzene rings is 1. The minimum atomic E-state index is 0.955. The first kappa shape index (κ1) is 14.3. The van der Waals surface area contributed by atoms with E-state index in [1.54, 1.807) is 0 Å². The SMILES string of the molecule is CCCNCc1ccc(-n2cnc3c2CCCC3)c(C)c1. The van der Waals surface area contributed by atoms with Crippen LogP contribution in [0.4, 0.5) is 0 Å². The average Bonchev–Trinajstić information content (AvgIpc) is 2.92. The Hall–Kier alpha value is -1.61. The molecule has 0 amide bonds. The highest BCUT2D eigenvalue weighted by Gasteiger charge is 2.16. The van der Waals surface area contributed by atoms with Gasteiger partial charge < -0.3 is 9.88 Å². The van der Waals surface area contributed by atoms with Crippen LogP contribution in [0, 0.1) is 6.92 Å². The van der Waals surface area contributed by atoms with E-state index in [1.165, 1.54) is 47.5 Å². The first-order valence-corrected chi connectivity index (χ1v) is 8.15. The van der Waals surface area contributed by atoms with E-state index in [4.69, 9.17) is 0 Å². The van der Waals surface area contributed by atoms with Crippen molar-refractivity contribution in [3.8, 4) is 5.69 Å². The standard InChI is InChI=1S/C18H25N3/c1-3-10-19-12-15-8-9-17(14(2)11-15)21-13-20-16-6-4-5-7-18(16)21/h8-9,11,13,19H,3-7,10,12H2,1-2H3. The number of hydrogen-bond acceptors (Lipinski definition) is 2. The van der Waals surface area contributed by atoms with Gasteiger partial charge in [-0.15, -0.1) is 0 Å². The van der Waals surface area contributed by atoms with Crippen LogP contribution in [0.5, 0.6) is 0 Å². The van der Waals surface area contributed by atoms with Gasteiger partial charge in [-0.2, -0.15) is 0 Å². The molecular weight excluding hydrogens is 258 g/mol. The van der Waals surface area contributed by atoms with Crippen molar-refractivity contribution >= 4 is 0 Å². The zero-order valence-corrected chi connectivity index (χ0v) is 13.2. The van der Waals surface area contributed by atoms with Gasteiger partial charge in [0.15, 0.2) is 0 Å². The van der Waals surface area contributed by atoms with E-state index in [9.17, 15) is 0 Å². The minimum Gasteiger partial charge on any atom is -0.313 e. The monoisotopic (exact) mass is 283 g/mol. The molecule has 1 aromatic carbocycles. The first-order chi connectivity index (χ1) is 10.3. The predicted octanol–water partition coefficient (Wildman–Crippen LogP) is 3.56. The van der Waals surface area contributed by atoms with Crippen LogP contribution in [0.15, 0.2) is 24.5 Å². The molecule has 112 valence electrons. The molecule has 21 heavy (non-hydrogen) atoms. The fourth-order valence-corrected chi connectivity index (χ4v) is 3.18. The van der Waals surface area contributed by atoms with Crippen molar-refractivity contribution < 1.29 is 0 Å². The van der Waals surface area contributed by atoms with Gasteiger partial charge in [0.05, 0.1) is 12.0 Å². The van der Waals surface area contributed by atoms with Crippen LogP contribution in [0.2, 0.25) is 0 Å². The molecule has 0 saturated heterocycles. The van der Waals surface area contributed by atoms with Gasteiger partial charge in [-0.25, -0.2) is 4.98 Å². The second-order valence-electron chi connectivity index (χ2n) is 6.01. The molecule has 1 N–H and O–H groups in total. The molecule has 0 saturated carbocycles. The van der Waals surface area contributed by atoms with Crippen LogP contribution >= 0.6 is 0 Å². The summed E-state index contributed by atoms with van der Waals surface area (Å²) in [7, 11) is 0. The summed E-state index contributed by atoms with van der Waals surface area (Å²) >= 11 is 0. The maximum atomic E-state index is 4.61. The second kappa shape index (κ2) is 6.44. The third-order valence-electron chi connectivity index (χ3n) is 4.31. The van der Waals surface area contributed by atoms with Crippen molar-refractivity contribution in [3.63, 3.8) is 0 Å². The Morgan fingerprint density at radius 2 is 2.10 bits per heavy atom. The molecular formula is C18H25N3. The number of nitrogens with zero attached hydrogens (tertiary/aromatic N) is 2. The molecule has 0 bridgehead atoms. The summed E-state index contributed by atoms with van der Waals surface area (Å²) in [6, 6.07) is 6.78. The summed E-state index contributed by atoms with van der Waals surface area (Å²) in [6.45, 7) is 6.43. The van der Waals surface area contributed by atoms with E-state index in [2.05, 4.69) is 46.9 Å². The molecule has 0 atom stereocenters. The molecule has 0 fully saturated rings. The summed E-state index contributed by atoms with van der Waals surface area (Å²) in [5.41, 5.74) is 6.69. The topological polar surface area (TPSA) is 29.9 Å². The van der Waals surface area contributed by atoms with Crippen molar-refractivity contribution in [2.24, 2.45) is 0 Å². The maximum Gasteiger partial charge on any atom is 0.0997 e. The number of imidazole rings is 1. The van der Waals surface area contributed by atoms with Crippen LogP contribution in [0.25, 0.3) is 5.69 Å². The largest absolute Gasteiger partial charge is 0.313 e. The molecule has 3 heteroatoms. The summed E-state index contributed by atoms with van der Waals surface area (Å²) in [5.74, 6) is 0. The van der Waals surface area contributed by atoms with Crippen molar-refractivity contribution in [1.29, 1.82) is 0 Å². The fourth-order valence-electron chi connectivity index (χ4n) is 3.18. The summed E-state index contributed by atoms with van der Waals surface area (Å²) < 4.78 is 2.30. The van der Waals surface area contributed by atoms with E-state index < -0.39 is 0 Å². The Balaban J connectivity index is 1.84. The lowest BCUT2D eigenvalue weighted by Gasteiger charge is -2.16. The third-order valence-corrected chi connectivity index (χ3v) is 4.31. The van der Waals surface area contributed by atoms with Gasteiger partial charge in [0.25, 0.3) is 0 Å². The van der Waals surface area contributed by atoms with Crippen LogP contribution in [-0.4, -0.2) is 16.1 Å². The first-order valence-electron chi connectivity index (χ1n) is 8.15. The molecule has 0 radical (unpaired) electrons. The molecule has 1 aliphatic rings. The minimum absolute atomic E-state index is 0.955. The van der Waals surface area contributed by atoms with Crippen LogP contribution in [0.1, 0.15) is 48.7 Å². The molecule has 1 aliphatic carbocycles. The van der Waals surface area contributed by atoms with Crippen molar-refractivity contribution in [2.45, 2.75) is 52.5 Å². The fraction of sp³-hybridized carbons (Fsp3) is 0.500. The van der Waals surface area contributed by atoms with Gasteiger partial charge in [-0.05, 0) is 62.8 Å². The van der Waals surface area contributed by atoms with E-state index in [0.29, 0.717) is 0 Å². The van der Waals surface area contributed by atoms with Gasteiger partial charge in [-0.3, -0.25) is 0 Å². The normalized spacial score (nSPS) is 14.2. The number of hydrogen-bond donors (Lipinski definition) is 1. The molecule has 3 rings (SSSR count). The van der Waals surface area contributed by atoms with Gasteiger partial charge in [0.1, 0.15) is 0 Å². The Kier molecular flexibility index (Phi) is 4.39. The van der Waals surface area contributed by atoms with E-state index in [1.807, 2.05) is 6.33 Å². The highest BCUT2D eigenvalue weighted by molar-refractivity contribution is 5.45. The highest BCUT2D eigenvalue weighted by atomic mass is 15.1. The van der Waals surface area contributed by atoms with E-state index in [0.717, 1.165) is 25.9 Å². The van der Waals surface area contributed by atoms with Gasteiger partial charge in [0.2, 0.25) is 0 Å². The van der Waals surface area contributed by atoms with Gasteiger partial charge in [0, 0.05) is 17.9 Å². The molecule has 0 aliphatic heterocycles. The molecule has 1 heterocycles. The lowest BCUT2D eigenvalue weighted by atomic mass is 10.0. The van der Waals surface area contributed by atoms with Crippen LogP contribution < -0.4 is 5.32 Å². The summed E-state index contributed by atoms with van der Waals surface area (Å²) in [6.07, 6.45) is 8.06. The summed E-state index contributed by atoms with van der Waals surface area (Å²) in [4.78, 5) is 4.61. The third kappa shape index (κ3) is 3.03. The molecule has 0 spiro atoms. The Morgan fingerprint density at radius 1 is 1.24 bits per heavy atom. The van der Waals surface area contributed by atoms with Crippen LogP contribution in [0.3, 0.4) is 0 Å². The molecule has 3 nitrogen and oxygen atoms in total. The van der Waals surface area contributed by atoms with E-state index in [-0.39, 0.29) is 0 Å². The highest BCUT2D eigenvalue weighted by Crippen LogP contribution is 2.25. The quantitative estimate of drug-likeness (QED) is 0.850. The number of rotatable bonds is 5. The number of aromatic nitrogens is 2. The van der Waals surface area contributed by atoms with E-state index >= 15 is 0 Å². The second-order valence-corrected chi connectivity index (χ2v) is 6.01. The Labute approximate surface area is 127 Å².